The molecular weight excluding hydrogens is 285 g/mol. The van der Waals surface area contributed by atoms with E-state index in [9.17, 15) is 18.0 Å². The van der Waals surface area contributed by atoms with Crippen LogP contribution in [-0.2, 0) is 6.54 Å². The van der Waals surface area contributed by atoms with Crippen molar-refractivity contribution in [3.8, 4) is 0 Å². The van der Waals surface area contributed by atoms with Crippen molar-refractivity contribution < 1.29 is 23.1 Å². The lowest BCUT2D eigenvalue weighted by molar-refractivity contribution is -0.139. The van der Waals surface area contributed by atoms with Gasteiger partial charge in [0.05, 0.1) is 22.8 Å². The highest BCUT2D eigenvalue weighted by Crippen LogP contribution is 2.31. The zero-order chi connectivity index (χ0) is 15.2. The summed E-state index contributed by atoms with van der Waals surface area (Å²) in [4.78, 5) is 14.9. The van der Waals surface area contributed by atoms with Gasteiger partial charge >= 0.3 is 12.1 Å². The van der Waals surface area contributed by atoms with Crippen molar-refractivity contribution in [2.75, 3.05) is 0 Å². The fraction of sp³-hybridized carbons (Fsp3) is 0.143. The molecule has 0 spiro atoms. The van der Waals surface area contributed by atoms with Gasteiger partial charge in [0.15, 0.2) is 0 Å². The molecule has 108 valence electrons. The van der Waals surface area contributed by atoms with Gasteiger partial charge in [-0.05, 0) is 18.2 Å². The molecule has 0 aliphatic carbocycles. The first kappa shape index (κ1) is 13.4. The van der Waals surface area contributed by atoms with E-state index in [4.69, 9.17) is 5.11 Å². The number of carboxylic acids is 1. The summed E-state index contributed by atoms with van der Waals surface area (Å²) in [5.41, 5.74) is 0.504. The van der Waals surface area contributed by atoms with Crippen LogP contribution in [0.2, 0.25) is 0 Å². The SMILES string of the molecule is O=C(O)c1ccc2c3ccncc3n(CC(F)(F)F)c2c1. The van der Waals surface area contributed by atoms with Gasteiger partial charge in [0.25, 0.3) is 0 Å². The number of carbonyl (C=O) groups is 1. The van der Waals surface area contributed by atoms with Gasteiger partial charge in [-0.15, -0.1) is 0 Å². The van der Waals surface area contributed by atoms with Crippen LogP contribution < -0.4 is 0 Å². The largest absolute Gasteiger partial charge is 0.478 e. The van der Waals surface area contributed by atoms with Crippen molar-refractivity contribution in [3.05, 3.63) is 42.2 Å². The van der Waals surface area contributed by atoms with E-state index in [0.717, 1.165) is 4.57 Å². The molecule has 2 heterocycles. The van der Waals surface area contributed by atoms with E-state index in [1.54, 1.807) is 6.07 Å². The lowest BCUT2D eigenvalue weighted by Crippen LogP contribution is -2.17. The number of carboxylic acid groups (broad SMARTS) is 1. The van der Waals surface area contributed by atoms with E-state index < -0.39 is 18.7 Å². The number of aromatic carboxylic acids is 1. The molecule has 7 heteroatoms. The Hall–Kier alpha value is -2.57. The molecule has 3 rings (SSSR count). The summed E-state index contributed by atoms with van der Waals surface area (Å²) in [7, 11) is 0. The molecule has 2 aromatic heterocycles. The van der Waals surface area contributed by atoms with Crippen LogP contribution in [0.1, 0.15) is 10.4 Å². The molecule has 1 N–H and O–H groups in total. The molecule has 0 atom stereocenters. The average Bonchev–Trinajstić information content (AvgIpc) is 2.71. The van der Waals surface area contributed by atoms with E-state index >= 15 is 0 Å². The lowest BCUT2D eigenvalue weighted by atomic mass is 10.1. The second-order valence-corrected chi connectivity index (χ2v) is 4.63. The molecule has 0 bridgehead atoms. The Kier molecular flexibility index (Phi) is 2.86. The summed E-state index contributed by atoms with van der Waals surface area (Å²) in [5.74, 6) is -1.18. The minimum atomic E-state index is -4.41. The third-order valence-corrected chi connectivity index (χ3v) is 3.25. The third-order valence-electron chi connectivity index (χ3n) is 3.25. The van der Waals surface area contributed by atoms with Gasteiger partial charge < -0.3 is 9.67 Å². The summed E-state index contributed by atoms with van der Waals surface area (Å²) in [6, 6.07) is 5.77. The zero-order valence-electron chi connectivity index (χ0n) is 10.6. The summed E-state index contributed by atoms with van der Waals surface area (Å²) in [6.07, 6.45) is -1.57. The van der Waals surface area contributed by atoms with Crippen LogP contribution in [0.15, 0.2) is 36.7 Å². The van der Waals surface area contributed by atoms with E-state index in [-0.39, 0.29) is 11.1 Å². The first-order chi connectivity index (χ1) is 9.87. The monoisotopic (exact) mass is 294 g/mol. The molecule has 0 aliphatic rings. The predicted octanol–water partition coefficient (Wildman–Crippen LogP) is 3.45. The Balaban J connectivity index is 2.38. The Bertz CT molecular complexity index is 852. The quantitative estimate of drug-likeness (QED) is 0.787. The number of hydrogen-bond acceptors (Lipinski definition) is 2. The number of rotatable bonds is 2. The highest BCUT2D eigenvalue weighted by molar-refractivity contribution is 6.09. The predicted molar refractivity (Wildman–Crippen MR) is 70.3 cm³/mol. The molecule has 0 radical (unpaired) electrons. The summed E-state index contributed by atoms with van der Waals surface area (Å²) in [5, 5.41) is 10.2. The Morgan fingerprint density at radius 2 is 1.90 bits per heavy atom. The van der Waals surface area contributed by atoms with Crippen LogP contribution in [0, 0.1) is 0 Å². The highest BCUT2D eigenvalue weighted by atomic mass is 19.4. The number of fused-ring (bicyclic) bond motifs is 3. The fourth-order valence-corrected chi connectivity index (χ4v) is 2.42. The van der Waals surface area contributed by atoms with Gasteiger partial charge in [0, 0.05) is 17.0 Å². The second kappa shape index (κ2) is 4.47. The fourth-order valence-electron chi connectivity index (χ4n) is 2.42. The molecule has 0 amide bonds. The maximum Gasteiger partial charge on any atom is 0.406 e. The van der Waals surface area contributed by atoms with Gasteiger partial charge in [-0.3, -0.25) is 4.98 Å². The first-order valence-corrected chi connectivity index (χ1v) is 6.03. The van der Waals surface area contributed by atoms with Crippen LogP contribution in [0.25, 0.3) is 21.8 Å². The minimum Gasteiger partial charge on any atom is -0.478 e. The van der Waals surface area contributed by atoms with Crippen molar-refractivity contribution in [2.24, 2.45) is 0 Å². The molecule has 4 nitrogen and oxygen atoms in total. The Morgan fingerprint density at radius 3 is 2.57 bits per heavy atom. The van der Waals surface area contributed by atoms with Gasteiger partial charge in [-0.1, -0.05) is 6.07 Å². The maximum atomic E-state index is 12.8. The van der Waals surface area contributed by atoms with Crippen molar-refractivity contribution in [1.29, 1.82) is 0 Å². The third kappa shape index (κ3) is 2.31. The molecule has 21 heavy (non-hydrogen) atoms. The summed E-state index contributed by atoms with van der Waals surface area (Å²) < 4.78 is 39.4. The number of benzene rings is 1. The van der Waals surface area contributed by atoms with E-state index in [1.165, 1.54) is 30.6 Å². The van der Waals surface area contributed by atoms with E-state index in [1.807, 2.05) is 0 Å². The molecule has 0 unspecified atom stereocenters. The highest BCUT2D eigenvalue weighted by Gasteiger charge is 2.30. The van der Waals surface area contributed by atoms with E-state index in [0.29, 0.717) is 16.3 Å². The topological polar surface area (TPSA) is 55.1 Å². The van der Waals surface area contributed by atoms with Crippen LogP contribution in [0.5, 0.6) is 0 Å². The van der Waals surface area contributed by atoms with Crippen LogP contribution in [0.4, 0.5) is 13.2 Å². The van der Waals surface area contributed by atoms with E-state index in [2.05, 4.69) is 4.98 Å². The second-order valence-electron chi connectivity index (χ2n) is 4.63. The van der Waals surface area contributed by atoms with Crippen LogP contribution in [-0.4, -0.2) is 26.8 Å². The van der Waals surface area contributed by atoms with Crippen LogP contribution in [0.3, 0.4) is 0 Å². The van der Waals surface area contributed by atoms with Crippen molar-refractivity contribution in [2.45, 2.75) is 12.7 Å². The Labute approximate surface area is 116 Å². The average molecular weight is 294 g/mol. The number of pyridine rings is 1. The number of hydrogen-bond donors (Lipinski definition) is 1. The molecule has 0 fully saturated rings. The molecule has 0 aliphatic heterocycles. The first-order valence-electron chi connectivity index (χ1n) is 6.03. The standard InChI is InChI=1S/C14H9F3N2O2/c15-14(16,17)7-19-11-5-8(13(20)21)1-2-9(11)10-3-4-18-6-12(10)19/h1-6H,7H2,(H,20,21). The normalized spacial score (nSPS) is 12.1. The van der Waals surface area contributed by atoms with Gasteiger partial charge in [-0.25, -0.2) is 4.79 Å². The van der Waals surface area contributed by atoms with Gasteiger partial charge in [0.1, 0.15) is 6.54 Å². The summed E-state index contributed by atoms with van der Waals surface area (Å²) >= 11 is 0. The number of aromatic nitrogens is 2. The molecule has 3 aromatic rings. The van der Waals surface area contributed by atoms with Crippen molar-refractivity contribution >= 4 is 27.8 Å². The number of halogens is 3. The van der Waals surface area contributed by atoms with Crippen LogP contribution >= 0.6 is 0 Å². The molecular formula is C14H9F3N2O2. The minimum absolute atomic E-state index is 0.0540. The van der Waals surface area contributed by atoms with Crippen molar-refractivity contribution in [3.63, 3.8) is 0 Å². The molecule has 0 saturated heterocycles. The maximum absolute atomic E-state index is 12.8. The lowest BCUT2D eigenvalue weighted by Gasteiger charge is -2.10. The molecule has 1 aromatic carbocycles. The Morgan fingerprint density at radius 1 is 1.19 bits per heavy atom. The van der Waals surface area contributed by atoms with Crippen molar-refractivity contribution in [1.82, 2.24) is 9.55 Å². The zero-order valence-corrected chi connectivity index (χ0v) is 10.6. The van der Waals surface area contributed by atoms with Gasteiger partial charge in [-0.2, -0.15) is 13.2 Å². The number of nitrogens with zero attached hydrogens (tertiary/aromatic N) is 2. The summed E-state index contributed by atoms with van der Waals surface area (Å²) in [6.45, 7) is -1.19. The smallest absolute Gasteiger partial charge is 0.406 e. The molecule has 0 saturated carbocycles. The van der Waals surface area contributed by atoms with Gasteiger partial charge in [0.2, 0.25) is 0 Å². The number of alkyl halides is 3.